The largest absolute Gasteiger partial charge is 0.457 e. The number of hydrogen-bond donors (Lipinski definition) is 0. The summed E-state index contributed by atoms with van der Waals surface area (Å²) >= 11 is 0. The van der Waals surface area contributed by atoms with Crippen LogP contribution in [0.1, 0.15) is 69.7 Å². The van der Waals surface area contributed by atoms with E-state index in [-0.39, 0.29) is 5.41 Å². The van der Waals surface area contributed by atoms with Gasteiger partial charge >= 0.3 is 0 Å². The van der Waals surface area contributed by atoms with Gasteiger partial charge in [0.25, 0.3) is 0 Å². The van der Waals surface area contributed by atoms with Gasteiger partial charge in [-0.15, -0.1) is 0 Å². The molecule has 0 fully saturated rings. The van der Waals surface area contributed by atoms with Gasteiger partial charge in [-0.1, -0.05) is 58.9 Å². The Labute approximate surface area is 176 Å². The first-order valence-electron chi connectivity index (χ1n) is 10.8. The van der Waals surface area contributed by atoms with Crippen LogP contribution in [0.3, 0.4) is 0 Å². The van der Waals surface area contributed by atoms with E-state index in [0.717, 1.165) is 35.7 Å². The smallest absolute Gasteiger partial charge is 0.151 e. The standard InChI is InChI=1S/C27H35NO/c1-9-11-12-22-24(10-2)29-25-15-18(3)13-14-23(25)28(22)26-19(4)16-21(17-20(26)5)27(6,7)8/h11-17H,9-10H2,1-8H3/b12-11-. The average Bonchev–Trinajstić information content (AvgIpc) is 2.64. The van der Waals surface area contributed by atoms with Gasteiger partial charge in [0.1, 0.15) is 5.76 Å². The van der Waals surface area contributed by atoms with E-state index < -0.39 is 0 Å². The predicted molar refractivity (Wildman–Crippen MR) is 125 cm³/mol. The molecule has 0 bridgehead atoms. The lowest BCUT2D eigenvalue weighted by Gasteiger charge is -2.36. The maximum Gasteiger partial charge on any atom is 0.151 e. The Morgan fingerprint density at radius 3 is 2.17 bits per heavy atom. The summed E-state index contributed by atoms with van der Waals surface area (Å²) in [5.41, 5.74) is 8.81. The molecule has 2 nitrogen and oxygen atoms in total. The third-order valence-electron chi connectivity index (χ3n) is 5.53. The van der Waals surface area contributed by atoms with Crippen molar-refractivity contribution in [2.75, 3.05) is 4.90 Å². The van der Waals surface area contributed by atoms with Crippen LogP contribution in [0.5, 0.6) is 5.75 Å². The lowest BCUT2D eigenvalue weighted by atomic mass is 9.84. The maximum atomic E-state index is 6.37. The van der Waals surface area contributed by atoms with Crippen LogP contribution in [0, 0.1) is 20.8 Å². The molecular formula is C27H35NO. The topological polar surface area (TPSA) is 12.5 Å². The van der Waals surface area contributed by atoms with Crippen molar-refractivity contribution in [3.05, 3.63) is 76.2 Å². The number of rotatable bonds is 4. The van der Waals surface area contributed by atoms with Crippen LogP contribution in [0.15, 0.2) is 53.9 Å². The van der Waals surface area contributed by atoms with E-state index in [0.29, 0.717) is 0 Å². The summed E-state index contributed by atoms with van der Waals surface area (Å²) in [6.45, 7) is 17.7. The van der Waals surface area contributed by atoms with Crippen molar-refractivity contribution in [1.82, 2.24) is 0 Å². The zero-order chi connectivity index (χ0) is 21.3. The quantitative estimate of drug-likeness (QED) is 0.525. The van der Waals surface area contributed by atoms with Gasteiger partial charge in [0, 0.05) is 6.42 Å². The highest BCUT2D eigenvalue weighted by atomic mass is 16.5. The molecule has 0 aromatic heterocycles. The number of aryl methyl sites for hydroxylation is 3. The lowest BCUT2D eigenvalue weighted by Crippen LogP contribution is -2.25. The number of nitrogens with zero attached hydrogens (tertiary/aromatic N) is 1. The number of ether oxygens (including phenoxy) is 1. The van der Waals surface area contributed by atoms with E-state index in [9.17, 15) is 0 Å². The number of anilines is 2. The van der Waals surface area contributed by atoms with E-state index in [2.05, 4.69) is 103 Å². The zero-order valence-corrected chi connectivity index (χ0v) is 19.3. The monoisotopic (exact) mass is 389 g/mol. The van der Waals surface area contributed by atoms with Crippen LogP contribution >= 0.6 is 0 Å². The molecular weight excluding hydrogens is 354 g/mol. The summed E-state index contributed by atoms with van der Waals surface area (Å²) in [5, 5.41) is 0. The van der Waals surface area contributed by atoms with Crippen molar-refractivity contribution >= 4 is 11.4 Å². The van der Waals surface area contributed by atoms with Crippen LogP contribution in [-0.4, -0.2) is 0 Å². The van der Waals surface area contributed by atoms with Gasteiger partial charge in [-0.2, -0.15) is 0 Å². The van der Waals surface area contributed by atoms with Gasteiger partial charge < -0.3 is 9.64 Å². The third-order valence-corrected chi connectivity index (χ3v) is 5.53. The van der Waals surface area contributed by atoms with Crippen LogP contribution < -0.4 is 9.64 Å². The normalized spacial score (nSPS) is 14.4. The molecule has 0 radical (unpaired) electrons. The molecule has 2 heteroatoms. The molecule has 0 spiro atoms. The van der Waals surface area contributed by atoms with E-state index in [1.807, 2.05) is 0 Å². The van der Waals surface area contributed by atoms with Crippen molar-refractivity contribution in [2.24, 2.45) is 0 Å². The molecule has 0 aliphatic carbocycles. The summed E-state index contributed by atoms with van der Waals surface area (Å²) in [7, 11) is 0. The van der Waals surface area contributed by atoms with Gasteiger partial charge in [-0.25, -0.2) is 0 Å². The molecule has 0 N–H and O–H groups in total. The first kappa shape index (κ1) is 21.2. The molecule has 2 aromatic carbocycles. The summed E-state index contributed by atoms with van der Waals surface area (Å²) in [5.74, 6) is 1.96. The van der Waals surface area contributed by atoms with E-state index in [1.165, 1.54) is 27.9 Å². The summed E-state index contributed by atoms with van der Waals surface area (Å²) in [6, 6.07) is 11.2. The maximum absolute atomic E-state index is 6.37. The molecule has 0 saturated heterocycles. The van der Waals surface area contributed by atoms with Crippen LogP contribution in [0.25, 0.3) is 0 Å². The molecule has 1 aliphatic rings. The highest BCUT2D eigenvalue weighted by Crippen LogP contribution is 2.46. The van der Waals surface area contributed by atoms with Gasteiger partial charge in [-0.3, -0.25) is 0 Å². The van der Waals surface area contributed by atoms with E-state index in [4.69, 9.17) is 4.74 Å². The SMILES string of the molecule is CC/C=C\C1=C(CC)Oc2cc(C)ccc2N1c1c(C)cc(C(C)(C)C)cc1C. The zero-order valence-electron chi connectivity index (χ0n) is 19.3. The number of allylic oxidation sites excluding steroid dienone is 3. The fraction of sp³-hybridized carbons (Fsp3) is 0.407. The fourth-order valence-corrected chi connectivity index (χ4v) is 3.96. The van der Waals surface area contributed by atoms with Crippen molar-refractivity contribution in [1.29, 1.82) is 0 Å². The summed E-state index contributed by atoms with van der Waals surface area (Å²) < 4.78 is 6.37. The molecule has 0 unspecified atom stereocenters. The highest BCUT2D eigenvalue weighted by molar-refractivity contribution is 5.81. The Morgan fingerprint density at radius 1 is 0.966 bits per heavy atom. The predicted octanol–water partition coefficient (Wildman–Crippen LogP) is 8.03. The number of benzene rings is 2. The molecule has 1 aliphatic heterocycles. The minimum Gasteiger partial charge on any atom is -0.457 e. The first-order valence-corrected chi connectivity index (χ1v) is 10.8. The Hall–Kier alpha value is -2.48. The number of fused-ring (bicyclic) bond motifs is 1. The van der Waals surface area contributed by atoms with Crippen LogP contribution in [0.2, 0.25) is 0 Å². The Kier molecular flexibility index (Phi) is 5.93. The van der Waals surface area contributed by atoms with Gasteiger partial charge in [0.15, 0.2) is 5.75 Å². The molecule has 0 amide bonds. The second-order valence-electron chi connectivity index (χ2n) is 9.09. The molecule has 1 heterocycles. The molecule has 29 heavy (non-hydrogen) atoms. The fourth-order valence-electron chi connectivity index (χ4n) is 3.96. The molecule has 154 valence electrons. The minimum absolute atomic E-state index is 0.128. The van der Waals surface area contributed by atoms with E-state index in [1.54, 1.807) is 0 Å². The highest BCUT2D eigenvalue weighted by Gasteiger charge is 2.29. The first-order chi connectivity index (χ1) is 13.7. The van der Waals surface area contributed by atoms with Crippen LogP contribution in [-0.2, 0) is 5.41 Å². The van der Waals surface area contributed by atoms with Crippen molar-refractivity contribution < 1.29 is 4.74 Å². The van der Waals surface area contributed by atoms with Gasteiger partial charge in [0.05, 0.1) is 17.1 Å². The average molecular weight is 390 g/mol. The summed E-state index contributed by atoms with van der Waals surface area (Å²) in [6.07, 6.45) is 6.29. The summed E-state index contributed by atoms with van der Waals surface area (Å²) in [4.78, 5) is 2.40. The molecule has 2 aromatic rings. The van der Waals surface area contributed by atoms with Gasteiger partial charge in [-0.05, 0) is 73.1 Å². The van der Waals surface area contributed by atoms with Crippen molar-refractivity contribution in [2.45, 2.75) is 73.6 Å². The van der Waals surface area contributed by atoms with Crippen molar-refractivity contribution in [3.63, 3.8) is 0 Å². The second-order valence-corrected chi connectivity index (χ2v) is 9.09. The Balaban J connectivity index is 2.29. The number of hydrogen-bond acceptors (Lipinski definition) is 2. The Morgan fingerprint density at radius 2 is 1.62 bits per heavy atom. The minimum atomic E-state index is 0.128. The van der Waals surface area contributed by atoms with Crippen LogP contribution in [0.4, 0.5) is 11.4 Å². The third kappa shape index (κ3) is 4.12. The van der Waals surface area contributed by atoms with Gasteiger partial charge in [0.2, 0.25) is 0 Å². The molecule has 0 atom stereocenters. The Bertz CT molecular complexity index is 950. The molecule has 3 rings (SSSR count). The lowest BCUT2D eigenvalue weighted by molar-refractivity contribution is 0.395. The second kappa shape index (κ2) is 8.10. The molecule has 0 saturated carbocycles. The van der Waals surface area contributed by atoms with E-state index >= 15 is 0 Å². The van der Waals surface area contributed by atoms with Crippen molar-refractivity contribution in [3.8, 4) is 5.75 Å².